The molecular formula is C20H23NO5. The monoisotopic (exact) mass is 357 g/mol. The number of hydrogen-bond acceptors (Lipinski definition) is 4. The van der Waals surface area contributed by atoms with Crippen LogP contribution < -0.4 is 10.1 Å². The van der Waals surface area contributed by atoms with Gasteiger partial charge >= 0.3 is 5.97 Å². The molecule has 0 aliphatic heterocycles. The van der Waals surface area contributed by atoms with E-state index < -0.39 is 17.9 Å². The molecule has 1 aromatic carbocycles. The normalized spacial score (nSPS) is 15.4. The minimum Gasteiger partial charge on any atom is -0.496 e. The van der Waals surface area contributed by atoms with E-state index in [2.05, 4.69) is 5.32 Å². The minimum absolute atomic E-state index is 0.450. The molecule has 6 nitrogen and oxygen atoms in total. The second-order valence-corrected chi connectivity index (χ2v) is 6.66. The summed E-state index contributed by atoms with van der Waals surface area (Å²) >= 11 is 0. The predicted octanol–water partition coefficient (Wildman–Crippen LogP) is 3.31. The maximum atomic E-state index is 12.1. The molecule has 1 aliphatic carbocycles. The standard InChI is InChI=1S/C20H23NO5/c1-11(8-19(22)21-12(2)20(23)24)14-9-15-13-6-4-5-7-16(13)26-18(15)10-17(14)25-3/h8-10,12H,4-7H2,1-3H3,(H,21,22)(H,23,24)/b11-8+. The number of ether oxygens (including phenoxy) is 1. The van der Waals surface area contributed by atoms with Crippen molar-refractivity contribution >= 4 is 28.4 Å². The van der Waals surface area contributed by atoms with Crippen LogP contribution in [0.25, 0.3) is 16.5 Å². The largest absolute Gasteiger partial charge is 0.496 e. The number of fused-ring (bicyclic) bond motifs is 3. The Balaban J connectivity index is 1.98. The Morgan fingerprint density at radius 3 is 2.73 bits per heavy atom. The van der Waals surface area contributed by atoms with E-state index in [4.69, 9.17) is 14.3 Å². The number of aryl methyl sites for hydroxylation is 2. The molecule has 2 aromatic rings. The average Bonchev–Trinajstić information content (AvgIpc) is 2.97. The lowest BCUT2D eigenvalue weighted by Crippen LogP contribution is -2.37. The molecule has 0 saturated carbocycles. The number of allylic oxidation sites excluding steroid dienone is 1. The summed E-state index contributed by atoms with van der Waals surface area (Å²) in [5.74, 6) is 0.138. The highest BCUT2D eigenvalue weighted by Crippen LogP contribution is 2.37. The summed E-state index contributed by atoms with van der Waals surface area (Å²) in [5, 5.41) is 12.4. The quantitative estimate of drug-likeness (QED) is 0.802. The third kappa shape index (κ3) is 3.45. The second kappa shape index (κ2) is 7.23. The summed E-state index contributed by atoms with van der Waals surface area (Å²) in [4.78, 5) is 23.0. The van der Waals surface area contributed by atoms with E-state index in [0.29, 0.717) is 11.3 Å². The van der Waals surface area contributed by atoms with Crippen LogP contribution in [-0.2, 0) is 22.4 Å². The summed E-state index contributed by atoms with van der Waals surface area (Å²) in [6.45, 7) is 3.23. The maximum absolute atomic E-state index is 12.1. The number of hydrogen-bond donors (Lipinski definition) is 2. The van der Waals surface area contributed by atoms with E-state index in [9.17, 15) is 9.59 Å². The number of nitrogens with one attached hydrogen (secondary N) is 1. The minimum atomic E-state index is -1.08. The summed E-state index contributed by atoms with van der Waals surface area (Å²) < 4.78 is 11.5. The van der Waals surface area contributed by atoms with Gasteiger partial charge in [0, 0.05) is 35.1 Å². The van der Waals surface area contributed by atoms with Gasteiger partial charge in [0.15, 0.2) is 0 Å². The maximum Gasteiger partial charge on any atom is 0.325 e. The Kier molecular flexibility index (Phi) is 5.02. The van der Waals surface area contributed by atoms with Crippen LogP contribution in [0, 0.1) is 0 Å². The highest BCUT2D eigenvalue weighted by Gasteiger charge is 2.20. The Morgan fingerprint density at radius 2 is 2.04 bits per heavy atom. The van der Waals surface area contributed by atoms with Crippen LogP contribution in [0.4, 0.5) is 0 Å². The van der Waals surface area contributed by atoms with E-state index in [1.165, 1.54) is 18.6 Å². The van der Waals surface area contributed by atoms with Crippen molar-refractivity contribution in [1.82, 2.24) is 5.32 Å². The van der Waals surface area contributed by atoms with Gasteiger partial charge in [-0.25, -0.2) is 0 Å². The molecule has 0 saturated heterocycles. The molecule has 0 bridgehead atoms. The van der Waals surface area contributed by atoms with E-state index in [0.717, 1.165) is 48.0 Å². The molecule has 0 spiro atoms. The topological polar surface area (TPSA) is 88.8 Å². The first-order valence-electron chi connectivity index (χ1n) is 8.75. The number of amides is 1. The smallest absolute Gasteiger partial charge is 0.325 e. The number of benzene rings is 1. The van der Waals surface area contributed by atoms with E-state index >= 15 is 0 Å². The van der Waals surface area contributed by atoms with E-state index in [1.807, 2.05) is 12.1 Å². The zero-order chi connectivity index (χ0) is 18.8. The molecule has 1 aromatic heterocycles. The molecular weight excluding hydrogens is 334 g/mol. The van der Waals surface area contributed by atoms with Crippen molar-refractivity contribution in [2.75, 3.05) is 7.11 Å². The van der Waals surface area contributed by atoms with Gasteiger partial charge in [-0.1, -0.05) is 0 Å². The van der Waals surface area contributed by atoms with Crippen molar-refractivity contribution in [3.05, 3.63) is 35.1 Å². The molecule has 2 N–H and O–H groups in total. The zero-order valence-electron chi connectivity index (χ0n) is 15.2. The Bertz CT molecular complexity index is 893. The third-order valence-corrected chi connectivity index (χ3v) is 4.78. The first-order valence-corrected chi connectivity index (χ1v) is 8.75. The lowest BCUT2D eigenvalue weighted by atomic mass is 9.94. The van der Waals surface area contributed by atoms with Gasteiger partial charge < -0.3 is 19.6 Å². The second-order valence-electron chi connectivity index (χ2n) is 6.66. The molecule has 6 heteroatoms. The fraction of sp³-hybridized carbons (Fsp3) is 0.400. The number of furan rings is 1. The number of methoxy groups -OCH3 is 1. The zero-order valence-corrected chi connectivity index (χ0v) is 15.2. The number of carboxylic acids is 1. The fourth-order valence-electron chi connectivity index (χ4n) is 3.36. The molecule has 1 heterocycles. The van der Waals surface area contributed by atoms with Gasteiger partial charge in [0.05, 0.1) is 7.11 Å². The van der Waals surface area contributed by atoms with Crippen molar-refractivity contribution in [3.63, 3.8) is 0 Å². The fourth-order valence-corrected chi connectivity index (χ4v) is 3.36. The van der Waals surface area contributed by atoms with Crippen LogP contribution in [0.3, 0.4) is 0 Å². The van der Waals surface area contributed by atoms with Crippen LogP contribution in [0.5, 0.6) is 5.75 Å². The number of aliphatic carboxylic acids is 1. The van der Waals surface area contributed by atoms with E-state index in [1.54, 1.807) is 14.0 Å². The Labute approximate surface area is 151 Å². The van der Waals surface area contributed by atoms with Crippen molar-refractivity contribution < 1.29 is 23.8 Å². The Morgan fingerprint density at radius 1 is 1.31 bits per heavy atom. The number of carbonyl (C=O) groups excluding carboxylic acids is 1. The number of carboxylic acid groups (broad SMARTS) is 1. The highest BCUT2D eigenvalue weighted by atomic mass is 16.5. The van der Waals surface area contributed by atoms with Crippen molar-refractivity contribution in [2.45, 2.75) is 45.6 Å². The average molecular weight is 357 g/mol. The van der Waals surface area contributed by atoms with Crippen LogP contribution in [0.15, 0.2) is 22.6 Å². The van der Waals surface area contributed by atoms with Gasteiger partial charge in [-0.3, -0.25) is 9.59 Å². The Hall–Kier alpha value is -2.76. The molecule has 1 aliphatic rings. The first-order chi connectivity index (χ1) is 12.4. The van der Waals surface area contributed by atoms with Gasteiger partial charge in [-0.05, 0) is 44.7 Å². The first kappa shape index (κ1) is 18.0. The molecule has 138 valence electrons. The van der Waals surface area contributed by atoms with Gasteiger partial charge in [-0.15, -0.1) is 0 Å². The summed E-state index contributed by atoms with van der Waals surface area (Å²) in [7, 11) is 1.58. The lowest BCUT2D eigenvalue weighted by Gasteiger charge is -2.12. The third-order valence-electron chi connectivity index (χ3n) is 4.78. The van der Waals surface area contributed by atoms with Gasteiger partial charge in [-0.2, -0.15) is 0 Å². The summed E-state index contributed by atoms with van der Waals surface area (Å²) in [5.41, 5.74) is 3.54. The molecule has 3 rings (SSSR count). The predicted molar refractivity (Wildman–Crippen MR) is 98.3 cm³/mol. The molecule has 0 fully saturated rings. The van der Waals surface area contributed by atoms with Gasteiger partial charge in [0.1, 0.15) is 23.1 Å². The van der Waals surface area contributed by atoms with Gasteiger partial charge in [0.25, 0.3) is 0 Å². The SMILES string of the molecule is COc1cc2oc3c(c2cc1/C(C)=C/C(=O)NC(C)C(=O)O)CCCC3. The van der Waals surface area contributed by atoms with E-state index in [-0.39, 0.29) is 0 Å². The molecule has 1 atom stereocenters. The molecule has 1 unspecified atom stereocenters. The number of rotatable bonds is 5. The summed E-state index contributed by atoms with van der Waals surface area (Å²) in [6, 6.07) is 2.91. The van der Waals surface area contributed by atoms with Gasteiger partial charge in [0.2, 0.25) is 5.91 Å². The molecule has 26 heavy (non-hydrogen) atoms. The van der Waals surface area contributed by atoms with Crippen LogP contribution in [-0.4, -0.2) is 30.1 Å². The highest BCUT2D eigenvalue weighted by molar-refractivity contribution is 5.98. The van der Waals surface area contributed by atoms with Crippen molar-refractivity contribution in [1.29, 1.82) is 0 Å². The summed E-state index contributed by atoms with van der Waals surface area (Å²) in [6.07, 6.45) is 5.63. The molecule has 0 radical (unpaired) electrons. The van der Waals surface area contributed by atoms with Crippen molar-refractivity contribution in [3.8, 4) is 5.75 Å². The van der Waals surface area contributed by atoms with Crippen LogP contribution in [0.1, 0.15) is 43.6 Å². The van der Waals surface area contributed by atoms with Crippen LogP contribution >= 0.6 is 0 Å². The number of carbonyl (C=O) groups is 2. The van der Waals surface area contributed by atoms with Crippen LogP contribution in [0.2, 0.25) is 0 Å². The molecule has 1 amide bonds. The van der Waals surface area contributed by atoms with Crippen molar-refractivity contribution in [2.24, 2.45) is 0 Å². The lowest BCUT2D eigenvalue weighted by molar-refractivity contribution is -0.140.